The average Bonchev–Trinajstić information content (AvgIpc) is 2.29. The minimum absolute atomic E-state index is 0.166. The molecule has 80 valence electrons. The molecule has 0 spiro atoms. The van der Waals surface area contributed by atoms with Crippen LogP contribution in [0.3, 0.4) is 0 Å². The van der Waals surface area contributed by atoms with Crippen LogP contribution < -0.4 is 0 Å². The summed E-state index contributed by atoms with van der Waals surface area (Å²) >= 11 is 0. The van der Waals surface area contributed by atoms with Crippen LogP contribution in [0.1, 0.15) is 24.5 Å². The fourth-order valence-corrected chi connectivity index (χ4v) is 1.51. The van der Waals surface area contributed by atoms with Crippen molar-refractivity contribution in [3.8, 4) is 12.1 Å². The number of nitriles is 2. The Balaban J connectivity index is 3.40. The van der Waals surface area contributed by atoms with Crippen molar-refractivity contribution in [3.63, 3.8) is 0 Å². The summed E-state index contributed by atoms with van der Waals surface area (Å²) in [7, 11) is 0. The SMILES string of the molecule is CC(CC#N)(C(=O)O)c1ccccc1C#N. The molecule has 0 aliphatic carbocycles. The minimum Gasteiger partial charge on any atom is -0.481 e. The van der Waals surface area contributed by atoms with Gasteiger partial charge in [0.15, 0.2) is 0 Å². The molecule has 0 heterocycles. The molecule has 0 amide bonds. The maximum Gasteiger partial charge on any atom is 0.314 e. The van der Waals surface area contributed by atoms with Crippen LogP contribution in [0.25, 0.3) is 0 Å². The predicted molar refractivity (Wildman–Crippen MR) is 56.4 cm³/mol. The van der Waals surface area contributed by atoms with Crippen molar-refractivity contribution < 1.29 is 9.90 Å². The fraction of sp³-hybridized carbons (Fsp3) is 0.250. The van der Waals surface area contributed by atoms with Gasteiger partial charge in [-0.3, -0.25) is 4.79 Å². The number of aliphatic carboxylic acids is 1. The molecule has 0 aliphatic rings. The summed E-state index contributed by atoms with van der Waals surface area (Å²) in [5, 5.41) is 26.8. The van der Waals surface area contributed by atoms with Gasteiger partial charge in [0.1, 0.15) is 5.41 Å². The van der Waals surface area contributed by atoms with Crippen molar-refractivity contribution in [2.24, 2.45) is 0 Å². The normalized spacial score (nSPS) is 13.2. The lowest BCUT2D eigenvalue weighted by molar-refractivity contribution is -0.143. The van der Waals surface area contributed by atoms with Crippen molar-refractivity contribution in [3.05, 3.63) is 35.4 Å². The van der Waals surface area contributed by atoms with Crippen LogP contribution in [0.4, 0.5) is 0 Å². The summed E-state index contributed by atoms with van der Waals surface area (Å²) in [5.41, 5.74) is -0.657. The van der Waals surface area contributed by atoms with E-state index in [1.54, 1.807) is 24.3 Å². The van der Waals surface area contributed by atoms with Crippen LogP contribution in [0.5, 0.6) is 0 Å². The second-order valence-corrected chi connectivity index (χ2v) is 3.63. The van der Waals surface area contributed by atoms with Gasteiger partial charge in [-0.2, -0.15) is 10.5 Å². The average molecular weight is 214 g/mol. The Labute approximate surface area is 93.4 Å². The van der Waals surface area contributed by atoms with Crippen molar-refractivity contribution in [2.45, 2.75) is 18.8 Å². The minimum atomic E-state index is -1.33. The zero-order chi connectivity index (χ0) is 12.2. The first-order valence-electron chi connectivity index (χ1n) is 4.66. The van der Waals surface area contributed by atoms with E-state index in [2.05, 4.69) is 0 Å². The van der Waals surface area contributed by atoms with Crippen LogP contribution in [0.15, 0.2) is 24.3 Å². The van der Waals surface area contributed by atoms with Gasteiger partial charge in [-0.1, -0.05) is 18.2 Å². The molecule has 0 bridgehead atoms. The van der Waals surface area contributed by atoms with Gasteiger partial charge in [0, 0.05) is 0 Å². The molecule has 1 N–H and O–H groups in total. The number of hydrogen-bond donors (Lipinski definition) is 1. The lowest BCUT2D eigenvalue weighted by Gasteiger charge is -2.23. The quantitative estimate of drug-likeness (QED) is 0.831. The summed E-state index contributed by atoms with van der Waals surface area (Å²) in [6.45, 7) is 1.45. The molecule has 0 radical (unpaired) electrons. The van der Waals surface area contributed by atoms with E-state index in [0.29, 0.717) is 11.1 Å². The van der Waals surface area contributed by atoms with Gasteiger partial charge in [0.05, 0.1) is 24.1 Å². The van der Waals surface area contributed by atoms with Crippen molar-refractivity contribution in [1.82, 2.24) is 0 Å². The number of rotatable bonds is 3. The van der Waals surface area contributed by atoms with E-state index in [1.165, 1.54) is 6.92 Å². The third-order valence-corrected chi connectivity index (χ3v) is 2.55. The summed E-state index contributed by atoms with van der Waals surface area (Å²) < 4.78 is 0. The molecule has 0 aliphatic heterocycles. The van der Waals surface area contributed by atoms with Gasteiger partial charge in [0.2, 0.25) is 0 Å². The Morgan fingerprint density at radius 1 is 1.44 bits per heavy atom. The van der Waals surface area contributed by atoms with Gasteiger partial charge in [-0.15, -0.1) is 0 Å². The Morgan fingerprint density at radius 3 is 2.56 bits per heavy atom. The van der Waals surface area contributed by atoms with Gasteiger partial charge < -0.3 is 5.11 Å². The smallest absolute Gasteiger partial charge is 0.314 e. The maximum atomic E-state index is 11.2. The zero-order valence-corrected chi connectivity index (χ0v) is 8.77. The molecule has 0 aromatic heterocycles. The molecule has 16 heavy (non-hydrogen) atoms. The number of carboxylic acid groups (broad SMARTS) is 1. The fourth-order valence-electron chi connectivity index (χ4n) is 1.51. The molecular weight excluding hydrogens is 204 g/mol. The highest BCUT2D eigenvalue weighted by molar-refractivity contribution is 5.82. The molecule has 0 saturated heterocycles. The first-order valence-corrected chi connectivity index (χ1v) is 4.66. The molecule has 1 aromatic carbocycles. The highest BCUT2D eigenvalue weighted by Gasteiger charge is 2.36. The highest BCUT2D eigenvalue weighted by Crippen LogP contribution is 2.30. The van der Waals surface area contributed by atoms with Crippen LogP contribution >= 0.6 is 0 Å². The summed E-state index contributed by atoms with van der Waals surface area (Å²) in [6, 6.07) is 10.2. The number of carbonyl (C=O) groups is 1. The number of nitrogens with zero attached hydrogens (tertiary/aromatic N) is 2. The first-order chi connectivity index (χ1) is 7.56. The second-order valence-electron chi connectivity index (χ2n) is 3.63. The Bertz CT molecular complexity index is 496. The van der Waals surface area contributed by atoms with E-state index >= 15 is 0 Å². The molecule has 1 rings (SSSR count). The molecule has 4 nitrogen and oxygen atoms in total. The highest BCUT2D eigenvalue weighted by atomic mass is 16.4. The third kappa shape index (κ3) is 1.87. The molecule has 0 saturated carbocycles. The topological polar surface area (TPSA) is 84.9 Å². The Kier molecular flexibility index (Phi) is 3.27. The lowest BCUT2D eigenvalue weighted by Crippen LogP contribution is -2.32. The number of benzene rings is 1. The summed E-state index contributed by atoms with van der Waals surface area (Å²) in [4.78, 5) is 11.2. The molecule has 4 heteroatoms. The first kappa shape index (κ1) is 11.7. The van der Waals surface area contributed by atoms with E-state index in [-0.39, 0.29) is 6.42 Å². The van der Waals surface area contributed by atoms with E-state index in [4.69, 9.17) is 10.5 Å². The second kappa shape index (κ2) is 4.46. The van der Waals surface area contributed by atoms with Gasteiger partial charge in [-0.05, 0) is 18.6 Å². The monoisotopic (exact) mass is 214 g/mol. The Morgan fingerprint density at radius 2 is 2.06 bits per heavy atom. The van der Waals surface area contributed by atoms with Crippen LogP contribution in [0.2, 0.25) is 0 Å². The maximum absolute atomic E-state index is 11.2. The summed E-state index contributed by atoms with van der Waals surface area (Å²) in [5.74, 6) is -1.10. The molecule has 1 unspecified atom stereocenters. The van der Waals surface area contributed by atoms with E-state index < -0.39 is 11.4 Å². The van der Waals surface area contributed by atoms with E-state index in [1.807, 2.05) is 12.1 Å². The Hall–Kier alpha value is -2.33. The van der Waals surface area contributed by atoms with E-state index in [0.717, 1.165) is 0 Å². The van der Waals surface area contributed by atoms with Crippen molar-refractivity contribution in [2.75, 3.05) is 0 Å². The van der Waals surface area contributed by atoms with Crippen LogP contribution in [-0.2, 0) is 10.2 Å². The molecule has 0 fully saturated rings. The van der Waals surface area contributed by atoms with Crippen molar-refractivity contribution in [1.29, 1.82) is 10.5 Å². The molecular formula is C12H10N2O2. The van der Waals surface area contributed by atoms with Gasteiger partial charge in [-0.25, -0.2) is 0 Å². The van der Waals surface area contributed by atoms with Gasteiger partial charge in [0.25, 0.3) is 0 Å². The standard InChI is InChI=1S/C12H10N2O2/c1-12(6-7-13,11(15)16)10-5-3-2-4-9(10)8-14/h2-5H,6H2,1H3,(H,15,16). The largest absolute Gasteiger partial charge is 0.481 e. The molecule has 1 aromatic rings. The number of hydrogen-bond acceptors (Lipinski definition) is 3. The van der Waals surface area contributed by atoms with Crippen LogP contribution in [0, 0.1) is 22.7 Å². The summed E-state index contributed by atoms with van der Waals surface area (Å²) in [6.07, 6.45) is -0.166. The van der Waals surface area contributed by atoms with Crippen molar-refractivity contribution >= 4 is 5.97 Å². The number of carboxylic acids is 1. The predicted octanol–water partition coefficient (Wildman–Crippen LogP) is 1.81. The zero-order valence-electron chi connectivity index (χ0n) is 8.77. The van der Waals surface area contributed by atoms with Crippen LogP contribution in [-0.4, -0.2) is 11.1 Å². The third-order valence-electron chi connectivity index (χ3n) is 2.55. The lowest BCUT2D eigenvalue weighted by atomic mass is 9.78. The van der Waals surface area contributed by atoms with Gasteiger partial charge >= 0.3 is 5.97 Å². The van der Waals surface area contributed by atoms with E-state index in [9.17, 15) is 9.90 Å². The molecule has 1 atom stereocenters.